The Labute approximate surface area is 233 Å². The fourth-order valence-corrected chi connectivity index (χ4v) is 5.52. The van der Waals surface area contributed by atoms with E-state index in [9.17, 15) is 18.3 Å². The van der Waals surface area contributed by atoms with E-state index in [4.69, 9.17) is 0 Å². The van der Waals surface area contributed by atoms with Crippen LogP contribution in [0.15, 0.2) is 36.4 Å². The number of likely N-dealkylation sites (tertiary alicyclic amines) is 1. The van der Waals surface area contributed by atoms with E-state index in [0.29, 0.717) is 30.8 Å². The second kappa shape index (κ2) is 11.6. The number of benzene rings is 2. The van der Waals surface area contributed by atoms with E-state index >= 15 is 4.39 Å². The number of halogens is 4. The summed E-state index contributed by atoms with van der Waals surface area (Å²) in [5, 5.41) is 13.5. The molecule has 0 aliphatic carbocycles. The molecule has 1 aromatic heterocycles. The van der Waals surface area contributed by atoms with Gasteiger partial charge in [-0.3, -0.25) is 18.6 Å². The monoisotopic (exact) mass is 683 g/mol. The van der Waals surface area contributed by atoms with Gasteiger partial charge in [0.2, 0.25) is 0 Å². The van der Waals surface area contributed by atoms with Gasteiger partial charge in [0.1, 0.15) is 6.61 Å². The van der Waals surface area contributed by atoms with Crippen LogP contribution in [0.25, 0.3) is 10.9 Å². The third-order valence-corrected chi connectivity index (χ3v) is 7.29. The molecule has 2 aromatic carbocycles. The van der Waals surface area contributed by atoms with Crippen LogP contribution in [0.4, 0.5) is 23.2 Å². The number of alkyl halides is 3. The molecule has 2 aliphatic rings. The SMILES string of the molecule is C[C@@H]1Cc2c([nH]c3ccccc23)[C@@H](c2[c-]cc(NC3CN(CCCF)C3)cc2F)N1CC(F)(F)CO.[Hf]. The van der Waals surface area contributed by atoms with E-state index in [-0.39, 0.29) is 50.2 Å². The Hall–Kier alpha value is -1.75. The summed E-state index contributed by atoms with van der Waals surface area (Å²) in [7, 11) is 0. The maximum atomic E-state index is 15.6. The molecule has 5 nitrogen and oxygen atoms in total. The number of fused-ring (bicyclic) bond motifs is 3. The van der Waals surface area contributed by atoms with Crippen LogP contribution >= 0.6 is 0 Å². The van der Waals surface area contributed by atoms with Gasteiger partial charge in [0.15, 0.2) is 0 Å². The third-order valence-electron chi connectivity index (χ3n) is 7.29. The Morgan fingerprint density at radius 2 is 2.00 bits per heavy atom. The first-order valence-electron chi connectivity index (χ1n) is 12.4. The van der Waals surface area contributed by atoms with Gasteiger partial charge >= 0.3 is 0 Å². The molecule has 0 radical (unpaired) electrons. The molecule has 198 valence electrons. The summed E-state index contributed by atoms with van der Waals surface area (Å²) in [6, 6.07) is 12.8. The Bertz CT molecular complexity index is 1220. The number of aliphatic hydroxyl groups excluding tert-OH is 1. The van der Waals surface area contributed by atoms with Gasteiger partial charge in [0.25, 0.3) is 5.92 Å². The molecule has 0 unspecified atom stereocenters. The van der Waals surface area contributed by atoms with Crippen LogP contribution in [-0.2, 0) is 32.3 Å². The predicted molar refractivity (Wildman–Crippen MR) is 132 cm³/mol. The van der Waals surface area contributed by atoms with Gasteiger partial charge in [-0.25, -0.2) is 8.78 Å². The van der Waals surface area contributed by atoms with Crippen molar-refractivity contribution in [3.8, 4) is 0 Å². The minimum atomic E-state index is -3.33. The van der Waals surface area contributed by atoms with E-state index in [2.05, 4.69) is 21.3 Å². The summed E-state index contributed by atoms with van der Waals surface area (Å²) in [5.74, 6) is -3.86. The summed E-state index contributed by atoms with van der Waals surface area (Å²) in [4.78, 5) is 7.04. The molecule has 3 aromatic rings. The molecule has 3 N–H and O–H groups in total. The molecule has 1 saturated heterocycles. The van der Waals surface area contributed by atoms with Crippen molar-refractivity contribution < 1.29 is 48.5 Å². The van der Waals surface area contributed by atoms with Crippen LogP contribution < -0.4 is 5.32 Å². The summed E-state index contributed by atoms with van der Waals surface area (Å²) < 4.78 is 56.8. The van der Waals surface area contributed by atoms with Gasteiger partial charge in [0, 0.05) is 80.0 Å². The second-order valence-electron chi connectivity index (χ2n) is 10.00. The number of hydrogen-bond donors (Lipinski definition) is 3. The maximum Gasteiger partial charge on any atom is 0.283 e. The summed E-state index contributed by atoms with van der Waals surface area (Å²) in [5.41, 5.74) is 3.30. The van der Waals surface area contributed by atoms with E-state index in [1.165, 1.54) is 6.07 Å². The second-order valence-corrected chi connectivity index (χ2v) is 10.00. The first-order valence-corrected chi connectivity index (χ1v) is 12.4. The fourth-order valence-electron chi connectivity index (χ4n) is 5.52. The zero-order valence-electron chi connectivity index (χ0n) is 20.7. The number of hydrogen-bond acceptors (Lipinski definition) is 4. The van der Waals surface area contributed by atoms with Crippen molar-refractivity contribution in [1.29, 1.82) is 0 Å². The molecular weight excluding hydrogens is 651 g/mol. The Balaban J connectivity index is 0.00000320. The minimum Gasteiger partial charge on any atom is -0.432 e. The Morgan fingerprint density at radius 3 is 2.70 bits per heavy atom. The molecule has 5 rings (SSSR count). The van der Waals surface area contributed by atoms with Crippen LogP contribution in [0.3, 0.4) is 0 Å². The van der Waals surface area contributed by atoms with Crippen LogP contribution in [-0.4, -0.2) is 77.4 Å². The zero-order chi connectivity index (χ0) is 25.4. The average Bonchev–Trinajstić information content (AvgIpc) is 3.19. The van der Waals surface area contributed by atoms with Crippen LogP contribution in [0.1, 0.15) is 36.2 Å². The summed E-state index contributed by atoms with van der Waals surface area (Å²) in [6.07, 6.45) is 1.03. The van der Waals surface area contributed by atoms with Crippen LogP contribution in [0.2, 0.25) is 0 Å². The maximum absolute atomic E-state index is 15.6. The van der Waals surface area contributed by atoms with Crippen LogP contribution in [0, 0.1) is 11.9 Å². The molecule has 1 fully saturated rings. The molecule has 0 bridgehead atoms. The number of H-pyrrole nitrogens is 1. The topological polar surface area (TPSA) is 54.5 Å². The van der Waals surface area contributed by atoms with Gasteiger partial charge in [-0.15, -0.1) is 11.6 Å². The van der Waals surface area contributed by atoms with Crippen molar-refractivity contribution in [3.05, 3.63) is 65.1 Å². The van der Waals surface area contributed by atoms with Crippen molar-refractivity contribution in [2.24, 2.45) is 0 Å². The average molecular weight is 682 g/mol. The normalized spacial score (nSPS) is 20.9. The molecule has 0 amide bonds. The molecule has 2 aliphatic heterocycles. The van der Waals surface area contributed by atoms with Gasteiger partial charge in [-0.05, 0) is 31.4 Å². The molecule has 3 heterocycles. The first kappa shape index (κ1) is 28.3. The largest absolute Gasteiger partial charge is 0.432 e. The summed E-state index contributed by atoms with van der Waals surface area (Å²) in [6.45, 7) is 1.75. The van der Waals surface area contributed by atoms with E-state index in [0.717, 1.165) is 29.6 Å². The van der Waals surface area contributed by atoms with Crippen molar-refractivity contribution >= 4 is 16.6 Å². The molecule has 10 heteroatoms. The van der Waals surface area contributed by atoms with Crippen molar-refractivity contribution in [2.75, 3.05) is 44.8 Å². The molecule has 2 atom stereocenters. The molecule has 0 spiro atoms. The quantitative estimate of drug-likeness (QED) is 0.177. The number of para-hydroxylation sites is 1. The van der Waals surface area contributed by atoms with E-state index in [1.807, 2.05) is 31.2 Å². The van der Waals surface area contributed by atoms with E-state index < -0.39 is 30.9 Å². The fraction of sp³-hybridized carbons (Fsp3) is 0.481. The van der Waals surface area contributed by atoms with Crippen LogP contribution in [0.5, 0.6) is 0 Å². The number of aromatic nitrogens is 1. The third kappa shape index (κ3) is 5.82. The van der Waals surface area contributed by atoms with Crippen molar-refractivity contribution in [2.45, 2.75) is 43.8 Å². The van der Waals surface area contributed by atoms with Gasteiger partial charge < -0.3 is 15.4 Å². The molecule has 0 saturated carbocycles. The van der Waals surface area contributed by atoms with Crippen molar-refractivity contribution in [1.82, 2.24) is 14.8 Å². The van der Waals surface area contributed by atoms with Gasteiger partial charge in [0.05, 0.1) is 19.3 Å². The van der Waals surface area contributed by atoms with E-state index in [1.54, 1.807) is 11.0 Å². The molecular formula is C27H31F4HfN4O-. The number of nitrogens with zero attached hydrogens (tertiary/aromatic N) is 2. The minimum absolute atomic E-state index is 0. The predicted octanol–water partition coefficient (Wildman–Crippen LogP) is 4.52. The summed E-state index contributed by atoms with van der Waals surface area (Å²) >= 11 is 0. The number of rotatable bonds is 9. The Morgan fingerprint density at radius 1 is 1.24 bits per heavy atom. The smallest absolute Gasteiger partial charge is 0.283 e. The number of aromatic amines is 1. The number of anilines is 1. The van der Waals surface area contributed by atoms with Gasteiger partial charge in [-0.2, -0.15) is 12.1 Å². The van der Waals surface area contributed by atoms with Crippen molar-refractivity contribution in [3.63, 3.8) is 0 Å². The standard InChI is InChI=1S/C27H31F4N4O.Hf/c1-17-11-22-20-5-2-3-6-24(20)33-25(22)26(35(17)15-27(30,31)16-36)21-8-7-18(12-23(21)29)32-19-13-34(14-19)10-4-9-28;/h2-3,5-7,12,17,19,26,32-33,36H,4,9-11,13-16H2,1H3;/q-1;/t17-,26-;/m1./s1. The first-order chi connectivity index (χ1) is 17.3. The van der Waals surface area contributed by atoms with Gasteiger partial charge in [-0.1, -0.05) is 23.9 Å². The molecule has 37 heavy (non-hydrogen) atoms. The zero-order valence-corrected chi connectivity index (χ0v) is 24.3. The Kier molecular flexibility index (Phi) is 8.82. The number of nitrogens with one attached hydrogen (secondary N) is 2. The number of aliphatic hydroxyl groups is 1.